The van der Waals surface area contributed by atoms with Crippen molar-refractivity contribution in [2.45, 2.75) is 32.4 Å². The Balaban J connectivity index is 2.48. The Morgan fingerprint density at radius 1 is 1.59 bits per heavy atom. The number of carboxylic acids is 1. The first kappa shape index (κ1) is 13.9. The van der Waals surface area contributed by atoms with Crippen molar-refractivity contribution in [1.29, 1.82) is 0 Å². The Morgan fingerprint density at radius 2 is 2.29 bits per heavy atom. The predicted octanol–water partition coefficient (Wildman–Crippen LogP) is -0.313. The molecular formula is C11H20N2O4. The number of nitrogens with one attached hydrogen (secondary N) is 1. The summed E-state index contributed by atoms with van der Waals surface area (Å²) in [7, 11) is 0. The van der Waals surface area contributed by atoms with Crippen molar-refractivity contribution >= 4 is 11.9 Å². The number of hydrogen-bond acceptors (Lipinski definition) is 4. The first-order chi connectivity index (χ1) is 8.02. The van der Waals surface area contributed by atoms with Gasteiger partial charge in [-0.25, -0.2) is 4.79 Å². The summed E-state index contributed by atoms with van der Waals surface area (Å²) in [4.78, 5) is 24.1. The Kier molecular flexibility index (Phi) is 5.37. The first-order valence-electron chi connectivity index (χ1n) is 5.86. The van der Waals surface area contributed by atoms with Crippen LogP contribution in [0.3, 0.4) is 0 Å². The lowest BCUT2D eigenvalue weighted by molar-refractivity contribution is -0.143. The second-order valence-corrected chi connectivity index (χ2v) is 4.21. The minimum atomic E-state index is -1.02. The fourth-order valence-corrected chi connectivity index (χ4v) is 1.94. The van der Waals surface area contributed by atoms with Crippen LogP contribution in [0.25, 0.3) is 0 Å². The molecule has 1 fully saturated rings. The molecule has 6 heteroatoms. The monoisotopic (exact) mass is 244 g/mol. The molecule has 0 bridgehead atoms. The van der Waals surface area contributed by atoms with Gasteiger partial charge in [-0.3, -0.25) is 9.69 Å². The smallest absolute Gasteiger partial charge is 0.326 e. The van der Waals surface area contributed by atoms with E-state index >= 15 is 0 Å². The van der Waals surface area contributed by atoms with Gasteiger partial charge in [0.2, 0.25) is 5.91 Å². The third-order valence-electron chi connectivity index (χ3n) is 2.84. The van der Waals surface area contributed by atoms with Crippen molar-refractivity contribution < 1.29 is 19.4 Å². The lowest BCUT2D eigenvalue weighted by Gasteiger charge is -2.33. The number of nitrogens with zero attached hydrogens (tertiary/aromatic N) is 1. The van der Waals surface area contributed by atoms with Gasteiger partial charge in [-0.15, -0.1) is 0 Å². The molecule has 2 N–H and O–H groups in total. The molecule has 0 radical (unpaired) electrons. The molecule has 98 valence electrons. The van der Waals surface area contributed by atoms with Crippen molar-refractivity contribution in [1.82, 2.24) is 10.2 Å². The Bertz CT molecular complexity index is 283. The van der Waals surface area contributed by atoms with Crippen LogP contribution in [0.4, 0.5) is 0 Å². The van der Waals surface area contributed by atoms with E-state index in [1.54, 1.807) is 0 Å². The number of aliphatic carboxylic acids is 1. The van der Waals surface area contributed by atoms with Gasteiger partial charge in [0.25, 0.3) is 0 Å². The van der Waals surface area contributed by atoms with E-state index in [0.29, 0.717) is 13.0 Å². The molecule has 6 nitrogen and oxygen atoms in total. The summed E-state index contributed by atoms with van der Waals surface area (Å²) < 4.78 is 5.52. The van der Waals surface area contributed by atoms with Crippen molar-refractivity contribution in [3.05, 3.63) is 0 Å². The molecule has 1 aliphatic heterocycles. The van der Waals surface area contributed by atoms with E-state index in [1.165, 1.54) is 6.92 Å². The summed E-state index contributed by atoms with van der Waals surface area (Å²) in [6.45, 7) is 6.52. The number of rotatable bonds is 5. The number of amides is 1. The lowest BCUT2D eigenvalue weighted by atomic mass is 10.1. The molecule has 2 unspecified atom stereocenters. The van der Waals surface area contributed by atoms with E-state index in [1.807, 2.05) is 0 Å². The number of carboxylic acid groups (broad SMARTS) is 1. The molecule has 0 aromatic heterocycles. The number of ether oxygens (including phenoxy) is 1. The third kappa shape index (κ3) is 4.70. The molecule has 0 saturated carbocycles. The second kappa shape index (κ2) is 6.56. The quantitative estimate of drug-likeness (QED) is 0.693. The topological polar surface area (TPSA) is 78.9 Å². The van der Waals surface area contributed by atoms with E-state index in [4.69, 9.17) is 9.84 Å². The molecule has 0 spiro atoms. The maximum absolute atomic E-state index is 11.0. The van der Waals surface area contributed by atoms with Crippen LogP contribution in [-0.2, 0) is 14.3 Å². The zero-order valence-electron chi connectivity index (χ0n) is 10.3. The summed E-state index contributed by atoms with van der Waals surface area (Å²) in [6.07, 6.45) is 0.183. The van der Waals surface area contributed by atoms with Crippen LogP contribution in [0, 0.1) is 0 Å². The maximum atomic E-state index is 11.0. The molecule has 1 heterocycles. The molecule has 1 amide bonds. The SMILES string of the molecule is CCN1CCOC(CC(NC(C)=O)C(=O)O)C1. The van der Waals surface area contributed by atoms with Crippen molar-refractivity contribution in [3.8, 4) is 0 Å². The highest BCUT2D eigenvalue weighted by atomic mass is 16.5. The molecule has 1 aliphatic rings. The Morgan fingerprint density at radius 3 is 2.82 bits per heavy atom. The second-order valence-electron chi connectivity index (χ2n) is 4.21. The zero-order chi connectivity index (χ0) is 12.8. The van der Waals surface area contributed by atoms with Crippen LogP contribution >= 0.6 is 0 Å². The number of carbonyl (C=O) groups excluding carboxylic acids is 1. The maximum Gasteiger partial charge on any atom is 0.326 e. The predicted molar refractivity (Wildman–Crippen MR) is 61.7 cm³/mol. The highest BCUT2D eigenvalue weighted by molar-refractivity contribution is 5.82. The molecule has 1 rings (SSSR count). The zero-order valence-corrected chi connectivity index (χ0v) is 10.3. The number of carbonyl (C=O) groups is 2. The highest BCUT2D eigenvalue weighted by Crippen LogP contribution is 2.11. The molecule has 17 heavy (non-hydrogen) atoms. The highest BCUT2D eigenvalue weighted by Gasteiger charge is 2.27. The molecule has 0 aromatic rings. The van der Waals surface area contributed by atoms with Crippen LogP contribution in [0.2, 0.25) is 0 Å². The average molecular weight is 244 g/mol. The fourth-order valence-electron chi connectivity index (χ4n) is 1.94. The Hall–Kier alpha value is -1.14. The van der Waals surface area contributed by atoms with E-state index in [9.17, 15) is 9.59 Å². The van der Waals surface area contributed by atoms with Crippen LogP contribution in [0.1, 0.15) is 20.3 Å². The van der Waals surface area contributed by atoms with Crippen LogP contribution in [0.15, 0.2) is 0 Å². The summed E-state index contributed by atoms with van der Waals surface area (Å²) in [5, 5.41) is 11.4. The van der Waals surface area contributed by atoms with Crippen LogP contribution in [0.5, 0.6) is 0 Å². The minimum absolute atomic E-state index is 0.128. The molecule has 0 aromatic carbocycles. The number of morpholine rings is 1. The van der Waals surface area contributed by atoms with Gasteiger partial charge < -0.3 is 15.2 Å². The van der Waals surface area contributed by atoms with E-state index in [-0.39, 0.29) is 12.0 Å². The normalized spacial score (nSPS) is 23.1. The largest absolute Gasteiger partial charge is 0.480 e. The number of hydrogen-bond donors (Lipinski definition) is 2. The van der Waals surface area contributed by atoms with Crippen molar-refractivity contribution in [2.75, 3.05) is 26.2 Å². The van der Waals surface area contributed by atoms with Gasteiger partial charge in [0.05, 0.1) is 12.7 Å². The van der Waals surface area contributed by atoms with Gasteiger partial charge in [0.1, 0.15) is 6.04 Å². The van der Waals surface area contributed by atoms with Crippen molar-refractivity contribution in [3.63, 3.8) is 0 Å². The standard InChI is InChI=1S/C11H20N2O4/c1-3-13-4-5-17-9(7-13)6-10(11(15)16)12-8(2)14/h9-10H,3-7H2,1-2H3,(H,12,14)(H,15,16). The van der Waals surface area contributed by atoms with Crippen LogP contribution in [-0.4, -0.2) is 60.3 Å². The molecule has 1 saturated heterocycles. The van der Waals surface area contributed by atoms with E-state index in [0.717, 1.165) is 19.6 Å². The summed E-state index contributed by atoms with van der Waals surface area (Å²) in [6, 6.07) is -0.866. The van der Waals surface area contributed by atoms with E-state index < -0.39 is 12.0 Å². The lowest BCUT2D eigenvalue weighted by Crippen LogP contribution is -2.48. The summed E-state index contributed by atoms with van der Waals surface area (Å²) in [5.74, 6) is -1.35. The minimum Gasteiger partial charge on any atom is -0.480 e. The van der Waals surface area contributed by atoms with Crippen LogP contribution < -0.4 is 5.32 Å². The van der Waals surface area contributed by atoms with Gasteiger partial charge in [-0.1, -0.05) is 6.92 Å². The average Bonchev–Trinajstić information content (AvgIpc) is 2.27. The van der Waals surface area contributed by atoms with E-state index in [2.05, 4.69) is 17.1 Å². The van der Waals surface area contributed by atoms with Gasteiger partial charge in [-0.05, 0) is 6.54 Å². The van der Waals surface area contributed by atoms with Crippen molar-refractivity contribution in [2.24, 2.45) is 0 Å². The van der Waals surface area contributed by atoms with Gasteiger partial charge in [0.15, 0.2) is 0 Å². The first-order valence-corrected chi connectivity index (χ1v) is 5.86. The van der Waals surface area contributed by atoms with Gasteiger partial charge >= 0.3 is 5.97 Å². The van der Waals surface area contributed by atoms with Gasteiger partial charge in [-0.2, -0.15) is 0 Å². The molecule has 2 atom stereocenters. The third-order valence-corrected chi connectivity index (χ3v) is 2.84. The summed E-state index contributed by atoms with van der Waals surface area (Å²) in [5.41, 5.74) is 0. The Labute approximate surface area is 101 Å². The summed E-state index contributed by atoms with van der Waals surface area (Å²) >= 11 is 0. The molecular weight excluding hydrogens is 224 g/mol. The number of likely N-dealkylation sites (N-methyl/N-ethyl adjacent to an activating group) is 1. The molecule has 0 aliphatic carbocycles. The van der Waals surface area contributed by atoms with Gasteiger partial charge in [0, 0.05) is 26.4 Å². The fraction of sp³-hybridized carbons (Fsp3) is 0.818.